The fourth-order valence-corrected chi connectivity index (χ4v) is 2.12. The summed E-state index contributed by atoms with van der Waals surface area (Å²) in [7, 11) is 0. The highest BCUT2D eigenvalue weighted by molar-refractivity contribution is 14.1. The Morgan fingerprint density at radius 2 is 2.33 bits per heavy atom. The number of aryl methyl sites for hydroxylation is 1. The van der Waals surface area contributed by atoms with Gasteiger partial charge in [0, 0.05) is 14.6 Å². The van der Waals surface area contributed by atoms with E-state index >= 15 is 0 Å². The molecule has 0 aliphatic heterocycles. The van der Waals surface area contributed by atoms with Gasteiger partial charge in [0.2, 0.25) is 0 Å². The molecule has 2 aromatic rings. The molecule has 0 unspecified atom stereocenters. The molecule has 15 heavy (non-hydrogen) atoms. The Labute approximate surface area is 106 Å². The second-order valence-corrected chi connectivity index (χ2v) is 4.99. The van der Waals surface area contributed by atoms with Crippen LogP contribution < -0.4 is 5.32 Å². The number of nitrogens with one attached hydrogen (secondary N) is 1. The van der Waals surface area contributed by atoms with Crippen molar-refractivity contribution in [2.45, 2.75) is 13.5 Å². The highest BCUT2D eigenvalue weighted by Gasteiger charge is 1.99. The quantitative estimate of drug-likeness (QED) is 0.879. The molecular weight excluding hydrogens is 321 g/mol. The first-order valence-electron chi connectivity index (χ1n) is 4.51. The van der Waals surface area contributed by atoms with Crippen LogP contribution in [0.1, 0.15) is 11.3 Å². The van der Waals surface area contributed by atoms with Crippen molar-refractivity contribution in [3.63, 3.8) is 0 Å². The highest BCUT2D eigenvalue weighted by Crippen LogP contribution is 2.17. The second-order valence-electron chi connectivity index (χ2n) is 3.21. The van der Waals surface area contributed by atoms with Crippen LogP contribution in [0.15, 0.2) is 23.6 Å². The van der Waals surface area contributed by atoms with Crippen LogP contribution in [0.25, 0.3) is 0 Å². The first kappa shape index (κ1) is 10.8. The van der Waals surface area contributed by atoms with Crippen LogP contribution in [0.5, 0.6) is 0 Å². The van der Waals surface area contributed by atoms with E-state index in [0.717, 1.165) is 17.9 Å². The van der Waals surface area contributed by atoms with Crippen molar-refractivity contribution in [3.8, 4) is 0 Å². The average molecular weight is 331 g/mol. The minimum Gasteiger partial charge on any atom is -0.379 e. The molecule has 0 fully saturated rings. The molecule has 0 aliphatic rings. The predicted octanol–water partition coefficient (Wildman–Crippen LogP) is 3.06. The van der Waals surface area contributed by atoms with Crippen molar-refractivity contribution >= 4 is 39.8 Å². The molecule has 1 heterocycles. The number of benzene rings is 1. The van der Waals surface area contributed by atoms with Gasteiger partial charge in [0.25, 0.3) is 0 Å². The van der Waals surface area contributed by atoms with E-state index in [-0.39, 0.29) is 0 Å². The van der Waals surface area contributed by atoms with Crippen molar-refractivity contribution in [1.29, 1.82) is 0 Å². The third-order valence-corrected chi connectivity index (χ3v) is 3.77. The fourth-order valence-electron chi connectivity index (χ4n) is 1.16. The van der Waals surface area contributed by atoms with Crippen molar-refractivity contribution in [1.82, 2.24) is 9.59 Å². The summed E-state index contributed by atoms with van der Waals surface area (Å²) in [5, 5.41) is 9.24. The van der Waals surface area contributed by atoms with Crippen molar-refractivity contribution in [2.24, 2.45) is 0 Å². The Hall–Kier alpha value is -0.690. The molecule has 3 nitrogen and oxygen atoms in total. The van der Waals surface area contributed by atoms with Gasteiger partial charge in [-0.2, -0.15) is 0 Å². The molecule has 1 aromatic heterocycles. The summed E-state index contributed by atoms with van der Waals surface area (Å²) < 4.78 is 5.09. The van der Waals surface area contributed by atoms with Gasteiger partial charge >= 0.3 is 0 Å². The fraction of sp³-hybridized carbons (Fsp3) is 0.200. The van der Waals surface area contributed by atoms with Gasteiger partial charge in [-0.1, -0.05) is 10.6 Å². The van der Waals surface area contributed by atoms with Gasteiger partial charge in [-0.15, -0.1) is 5.10 Å². The van der Waals surface area contributed by atoms with Crippen molar-refractivity contribution < 1.29 is 0 Å². The number of rotatable bonds is 3. The van der Waals surface area contributed by atoms with Gasteiger partial charge in [0.1, 0.15) is 0 Å². The average Bonchev–Trinajstić information content (AvgIpc) is 2.73. The zero-order valence-electron chi connectivity index (χ0n) is 8.20. The summed E-state index contributed by atoms with van der Waals surface area (Å²) in [4.78, 5) is 0. The zero-order valence-corrected chi connectivity index (χ0v) is 11.2. The van der Waals surface area contributed by atoms with Crippen molar-refractivity contribution in [2.75, 3.05) is 5.32 Å². The first-order chi connectivity index (χ1) is 7.25. The Bertz CT molecular complexity index is 442. The maximum Gasteiger partial charge on any atom is 0.0946 e. The molecule has 0 saturated carbocycles. The van der Waals surface area contributed by atoms with Gasteiger partial charge < -0.3 is 5.32 Å². The molecule has 1 aromatic carbocycles. The van der Waals surface area contributed by atoms with E-state index in [4.69, 9.17) is 0 Å². The predicted molar refractivity (Wildman–Crippen MR) is 71.1 cm³/mol. The lowest BCUT2D eigenvalue weighted by atomic mass is 10.2. The summed E-state index contributed by atoms with van der Waals surface area (Å²) in [6, 6.07) is 6.33. The Morgan fingerprint density at radius 1 is 1.47 bits per heavy atom. The number of hydrogen-bond acceptors (Lipinski definition) is 4. The van der Waals surface area contributed by atoms with Crippen LogP contribution in [-0.2, 0) is 6.54 Å². The molecule has 0 aliphatic carbocycles. The smallest absolute Gasteiger partial charge is 0.0946 e. The largest absolute Gasteiger partial charge is 0.379 e. The minimum absolute atomic E-state index is 0.732. The number of halogens is 1. The minimum atomic E-state index is 0.732. The number of nitrogens with zero attached hydrogens (tertiary/aromatic N) is 2. The third-order valence-electron chi connectivity index (χ3n) is 2.05. The molecule has 0 atom stereocenters. The van der Waals surface area contributed by atoms with E-state index in [9.17, 15) is 0 Å². The third kappa shape index (κ3) is 2.88. The summed E-state index contributed by atoms with van der Waals surface area (Å²) in [5.41, 5.74) is 3.41. The molecule has 0 bridgehead atoms. The molecule has 0 saturated heterocycles. The van der Waals surface area contributed by atoms with Crippen LogP contribution in [0, 0.1) is 10.5 Å². The molecule has 2 rings (SSSR count). The van der Waals surface area contributed by atoms with E-state index in [1.807, 2.05) is 5.38 Å². The summed E-state index contributed by atoms with van der Waals surface area (Å²) >= 11 is 3.71. The molecule has 0 amide bonds. The van der Waals surface area contributed by atoms with Crippen LogP contribution in [-0.4, -0.2) is 9.59 Å². The lowest BCUT2D eigenvalue weighted by molar-refractivity contribution is 0.998. The van der Waals surface area contributed by atoms with Gasteiger partial charge in [-0.25, -0.2) is 0 Å². The van der Waals surface area contributed by atoms with E-state index < -0.39 is 0 Å². The van der Waals surface area contributed by atoms with Crippen LogP contribution in [0.2, 0.25) is 0 Å². The number of anilines is 1. The normalized spacial score (nSPS) is 10.3. The van der Waals surface area contributed by atoms with Gasteiger partial charge in [0.05, 0.1) is 12.2 Å². The Morgan fingerprint density at radius 3 is 3.00 bits per heavy atom. The van der Waals surface area contributed by atoms with E-state index in [1.165, 1.54) is 20.7 Å². The Balaban J connectivity index is 2.02. The second kappa shape index (κ2) is 4.89. The van der Waals surface area contributed by atoms with Gasteiger partial charge in [-0.05, 0) is 58.7 Å². The lowest BCUT2D eigenvalue weighted by Crippen LogP contribution is -2.00. The molecule has 78 valence electrons. The summed E-state index contributed by atoms with van der Waals surface area (Å²) in [6.45, 7) is 2.84. The maximum absolute atomic E-state index is 3.98. The SMILES string of the molecule is Cc1ccc(NCc2csnn2)cc1I. The molecule has 0 radical (unpaired) electrons. The zero-order chi connectivity index (χ0) is 10.7. The number of hydrogen-bond donors (Lipinski definition) is 1. The maximum atomic E-state index is 3.98. The molecular formula is C10H10IN3S. The van der Waals surface area contributed by atoms with E-state index in [2.05, 4.69) is 62.6 Å². The summed E-state index contributed by atoms with van der Waals surface area (Å²) in [5.74, 6) is 0. The molecule has 1 N–H and O–H groups in total. The van der Waals surface area contributed by atoms with Crippen LogP contribution in [0.4, 0.5) is 5.69 Å². The Kier molecular flexibility index (Phi) is 3.53. The molecule has 0 spiro atoms. The topological polar surface area (TPSA) is 37.8 Å². The van der Waals surface area contributed by atoms with Gasteiger partial charge in [-0.3, -0.25) is 0 Å². The van der Waals surface area contributed by atoms with Crippen LogP contribution in [0.3, 0.4) is 0 Å². The highest BCUT2D eigenvalue weighted by atomic mass is 127. The van der Waals surface area contributed by atoms with Gasteiger partial charge in [0.15, 0.2) is 0 Å². The van der Waals surface area contributed by atoms with E-state index in [1.54, 1.807) is 0 Å². The standard InChI is InChI=1S/C10H10IN3S/c1-7-2-3-8(4-10(7)11)12-5-9-6-15-14-13-9/h2-4,6,12H,5H2,1H3. The van der Waals surface area contributed by atoms with E-state index in [0.29, 0.717) is 0 Å². The van der Waals surface area contributed by atoms with Crippen LogP contribution >= 0.6 is 34.1 Å². The van der Waals surface area contributed by atoms with Crippen molar-refractivity contribution in [3.05, 3.63) is 38.4 Å². The molecule has 5 heteroatoms. The monoisotopic (exact) mass is 331 g/mol. The lowest BCUT2D eigenvalue weighted by Gasteiger charge is -2.05. The number of aromatic nitrogens is 2. The first-order valence-corrected chi connectivity index (χ1v) is 6.43. The summed E-state index contributed by atoms with van der Waals surface area (Å²) in [6.07, 6.45) is 0.